The monoisotopic (exact) mass is 727 g/mol. The molecule has 7 saturated carbocycles. The van der Waals surface area contributed by atoms with Crippen molar-refractivity contribution in [2.24, 2.45) is 88.8 Å². The molecule has 0 aromatic rings. The molecular weight excluding hydrogens is 649 g/mol. The Morgan fingerprint density at radius 2 is 0.407 bits per heavy atom. The van der Waals surface area contributed by atoms with E-state index in [9.17, 15) is 0 Å². The summed E-state index contributed by atoms with van der Waals surface area (Å²) in [6.07, 6.45) is 66.9. The van der Waals surface area contributed by atoms with Gasteiger partial charge in [-0.15, -0.1) is 19.7 Å². The van der Waals surface area contributed by atoms with Crippen LogP contribution in [-0.2, 0) is 0 Å². The molecule has 15 atom stereocenters. The Morgan fingerprint density at radius 3 is 0.685 bits per heavy atom. The topological polar surface area (TPSA) is 0 Å². The van der Waals surface area contributed by atoms with Gasteiger partial charge in [-0.05, 0) is 224 Å². The van der Waals surface area contributed by atoms with Gasteiger partial charge in [0.2, 0.25) is 0 Å². The molecule has 0 aromatic carbocycles. The average Bonchev–Trinajstić information content (AvgIpc) is 4.06. The third-order valence-corrected chi connectivity index (χ3v) is 16.0. The van der Waals surface area contributed by atoms with Gasteiger partial charge in [0.1, 0.15) is 0 Å². The molecule has 7 aliphatic rings. The van der Waals surface area contributed by atoms with E-state index in [4.69, 9.17) is 0 Å². The molecule has 15 unspecified atom stereocenters. The molecule has 0 nitrogen and oxygen atoms in total. The summed E-state index contributed by atoms with van der Waals surface area (Å²) < 4.78 is 0. The van der Waals surface area contributed by atoms with Crippen molar-refractivity contribution in [3.63, 3.8) is 0 Å². The molecule has 54 heavy (non-hydrogen) atoms. The van der Waals surface area contributed by atoms with Crippen LogP contribution in [0.5, 0.6) is 0 Å². The highest BCUT2D eigenvalue weighted by atomic mass is 14.4. The fraction of sp³-hybridized carbons (Fsp3) is 0.667. The second-order valence-corrected chi connectivity index (χ2v) is 19.9. The molecule has 7 aliphatic carbocycles. The summed E-state index contributed by atoms with van der Waals surface area (Å²) in [5.41, 5.74) is 0. The minimum atomic E-state index is 0.691. The van der Waals surface area contributed by atoms with Gasteiger partial charge in [-0.2, -0.15) is 0 Å². The highest BCUT2D eigenvalue weighted by Crippen LogP contribution is 2.42. The Hall–Kier alpha value is -2.34. The molecule has 0 heteroatoms. The van der Waals surface area contributed by atoms with Gasteiger partial charge in [0.05, 0.1) is 0 Å². The van der Waals surface area contributed by atoms with Crippen molar-refractivity contribution in [2.75, 3.05) is 0 Å². The zero-order chi connectivity index (χ0) is 37.1. The Balaban J connectivity index is 0.922. The molecule has 0 N–H and O–H groups in total. The highest BCUT2D eigenvalue weighted by Gasteiger charge is 2.30. The predicted molar refractivity (Wildman–Crippen MR) is 235 cm³/mol. The molecule has 0 spiro atoms. The van der Waals surface area contributed by atoms with Crippen molar-refractivity contribution >= 4 is 0 Å². The lowest BCUT2D eigenvalue weighted by Gasteiger charge is -2.32. The van der Waals surface area contributed by atoms with Gasteiger partial charge in [0.25, 0.3) is 0 Å². The second kappa shape index (κ2) is 20.2. The number of rotatable bonds is 15. The van der Waals surface area contributed by atoms with Crippen molar-refractivity contribution in [3.8, 4) is 0 Å². The van der Waals surface area contributed by atoms with Crippen molar-refractivity contribution in [1.82, 2.24) is 0 Å². The fourth-order valence-corrected chi connectivity index (χ4v) is 12.3. The lowest BCUT2D eigenvalue weighted by molar-refractivity contribution is 0.284. The third-order valence-electron chi connectivity index (χ3n) is 16.0. The maximum Gasteiger partial charge on any atom is -0.0165 e. The van der Waals surface area contributed by atoms with Crippen LogP contribution in [0.15, 0.2) is 111 Å². The second-order valence-electron chi connectivity index (χ2n) is 19.9. The number of hydrogen-bond acceptors (Lipinski definition) is 0. The van der Waals surface area contributed by atoms with Crippen LogP contribution in [0.2, 0.25) is 0 Å². The summed E-state index contributed by atoms with van der Waals surface area (Å²) >= 11 is 0. The highest BCUT2D eigenvalue weighted by molar-refractivity contribution is 5.11. The van der Waals surface area contributed by atoms with Gasteiger partial charge < -0.3 is 0 Å². The van der Waals surface area contributed by atoms with Gasteiger partial charge >= 0.3 is 0 Å². The Morgan fingerprint density at radius 1 is 0.204 bits per heavy atom. The fourth-order valence-electron chi connectivity index (χ4n) is 12.3. The Kier molecular flexibility index (Phi) is 14.9. The molecule has 0 radical (unpaired) electrons. The first-order valence-electron chi connectivity index (χ1n) is 23.5. The van der Waals surface area contributed by atoms with Crippen LogP contribution >= 0.6 is 0 Å². The average molecular weight is 727 g/mol. The predicted octanol–water partition coefficient (Wildman–Crippen LogP) is 15.4. The molecule has 0 aliphatic heterocycles. The first-order valence-corrected chi connectivity index (χ1v) is 23.5. The number of allylic oxidation sites excluding steroid dienone is 15. The molecule has 294 valence electrons. The van der Waals surface area contributed by atoms with Crippen LogP contribution in [0, 0.1) is 88.8 Å². The van der Waals surface area contributed by atoms with E-state index in [1.165, 1.54) is 135 Å². The van der Waals surface area contributed by atoms with E-state index in [1.54, 1.807) is 0 Å². The summed E-state index contributed by atoms with van der Waals surface area (Å²) in [6.45, 7) is 12.1. The van der Waals surface area contributed by atoms with Crippen molar-refractivity contribution in [2.45, 2.75) is 135 Å². The minimum absolute atomic E-state index is 0.691. The van der Waals surface area contributed by atoms with E-state index in [1.807, 2.05) is 0 Å². The summed E-state index contributed by atoms with van der Waals surface area (Å²) in [7, 11) is 0. The molecule has 0 bridgehead atoms. The van der Waals surface area contributed by atoms with E-state index in [0.29, 0.717) is 11.8 Å². The third kappa shape index (κ3) is 11.6. The molecular formula is C54H78. The minimum Gasteiger partial charge on any atom is -0.103 e. The van der Waals surface area contributed by atoms with Gasteiger partial charge in [0.15, 0.2) is 0 Å². The first kappa shape index (κ1) is 39.9. The number of hydrogen-bond donors (Lipinski definition) is 0. The molecule has 0 saturated heterocycles. The van der Waals surface area contributed by atoms with Crippen molar-refractivity contribution in [3.05, 3.63) is 111 Å². The van der Waals surface area contributed by atoms with Crippen molar-refractivity contribution in [1.29, 1.82) is 0 Å². The summed E-state index contributed by atoms with van der Waals surface area (Å²) in [4.78, 5) is 0. The molecule has 0 amide bonds. The summed E-state index contributed by atoms with van der Waals surface area (Å²) in [6, 6.07) is 0. The quantitative estimate of drug-likeness (QED) is 0.147. The van der Waals surface area contributed by atoms with Crippen molar-refractivity contribution < 1.29 is 0 Å². The molecule has 7 rings (SSSR count). The Labute approximate surface area is 333 Å². The lowest BCUT2D eigenvalue weighted by Crippen LogP contribution is -2.22. The van der Waals surface area contributed by atoms with Gasteiger partial charge in [-0.1, -0.05) is 91.1 Å². The molecule has 0 aromatic heterocycles. The standard InChI is InChI=1S/C54H78/c1-4-40-7-10-43(33-40)13-16-46-19-20-49(36-46)25-26-52-28-31-53(30-27-50-23-21-47(37-50)17-14-44-11-8-41(5-2)34-44)54(39-52)32-29-51-24-22-48(38-51)18-15-45-12-9-42(6-3)35-45/h4-6,13-18,25-27,29-30,32,40-54H,1-3,7-12,19-24,28,31,33-39H2/b16-13-,17-14-,18-15-,26-25+,30-27-,32-29-. The van der Waals surface area contributed by atoms with Crippen LogP contribution in [0.1, 0.15) is 135 Å². The van der Waals surface area contributed by atoms with Crippen LogP contribution in [0.4, 0.5) is 0 Å². The summed E-state index contributed by atoms with van der Waals surface area (Å²) in [5, 5.41) is 0. The maximum atomic E-state index is 4.05. The van der Waals surface area contributed by atoms with E-state index in [0.717, 1.165) is 76.9 Å². The molecule has 0 heterocycles. The zero-order valence-electron chi connectivity index (χ0n) is 34.3. The summed E-state index contributed by atoms with van der Waals surface area (Å²) in [5.74, 6) is 11.5. The smallest absolute Gasteiger partial charge is 0.0165 e. The lowest BCUT2D eigenvalue weighted by atomic mass is 9.73. The van der Waals surface area contributed by atoms with E-state index in [-0.39, 0.29) is 0 Å². The van der Waals surface area contributed by atoms with Crippen LogP contribution in [-0.4, -0.2) is 0 Å². The Bertz CT molecular complexity index is 1380. The van der Waals surface area contributed by atoms with E-state index in [2.05, 4.69) is 111 Å². The zero-order valence-corrected chi connectivity index (χ0v) is 34.3. The van der Waals surface area contributed by atoms with Crippen LogP contribution in [0.25, 0.3) is 0 Å². The normalized spacial score (nSPS) is 43.4. The van der Waals surface area contributed by atoms with Crippen LogP contribution < -0.4 is 0 Å². The first-order chi connectivity index (χ1) is 26.5. The van der Waals surface area contributed by atoms with Gasteiger partial charge in [-0.25, -0.2) is 0 Å². The largest absolute Gasteiger partial charge is 0.103 e. The van der Waals surface area contributed by atoms with Gasteiger partial charge in [0, 0.05) is 0 Å². The van der Waals surface area contributed by atoms with E-state index < -0.39 is 0 Å². The maximum absolute atomic E-state index is 4.05. The van der Waals surface area contributed by atoms with Crippen LogP contribution in [0.3, 0.4) is 0 Å². The molecule has 7 fully saturated rings. The SMILES string of the molecule is C=CC1CCC(/C=C\C2CCC(/C=C\C3CCC(/C=C/C4CCC(/C=C\C5CCC(C=C)C5)C4)CC3/C=C\C3CCC(/C=C\C4CCC(C=C)C4)C3)C2)C1. The van der Waals surface area contributed by atoms with E-state index >= 15 is 0 Å². The van der Waals surface area contributed by atoms with Gasteiger partial charge in [-0.3, -0.25) is 0 Å².